The Morgan fingerprint density at radius 1 is 1.27 bits per heavy atom. The first-order valence-electron chi connectivity index (χ1n) is 9.25. The van der Waals surface area contributed by atoms with Gasteiger partial charge in [0.25, 0.3) is 0 Å². The number of anilines is 1. The number of carbonyl (C=O) groups excluding carboxylic acids is 1. The Morgan fingerprint density at radius 2 is 2.10 bits per heavy atom. The number of hydrogen-bond donors (Lipinski definition) is 1. The second-order valence-corrected chi connectivity index (χ2v) is 9.03. The average Bonchev–Trinajstić information content (AvgIpc) is 3.48. The van der Waals surface area contributed by atoms with Crippen molar-refractivity contribution in [1.82, 2.24) is 19.7 Å². The minimum atomic E-state index is -0.137. The van der Waals surface area contributed by atoms with Gasteiger partial charge in [0.05, 0.1) is 17.7 Å². The number of aromatic nitrogens is 4. The lowest BCUT2D eigenvalue weighted by molar-refractivity contribution is -0.113. The summed E-state index contributed by atoms with van der Waals surface area (Å²) in [5, 5.41) is 14.5. The summed E-state index contributed by atoms with van der Waals surface area (Å²) < 4.78 is 8.44. The molecule has 0 aliphatic carbocycles. The van der Waals surface area contributed by atoms with Crippen LogP contribution in [0.3, 0.4) is 0 Å². The lowest BCUT2D eigenvalue weighted by Crippen LogP contribution is -2.14. The summed E-state index contributed by atoms with van der Waals surface area (Å²) in [5.41, 5.74) is 1.84. The molecule has 0 radical (unpaired) electrons. The predicted octanol–water partition coefficient (Wildman–Crippen LogP) is 5.56. The standard InChI is InChI=1S/C20H18BrN5O2S2/c1-2-9-26-18(16-4-3-10-28-16)24-25-20(26)30-12-17(27)23-19-22-15(11-29-19)13-5-7-14(21)8-6-13/h3-8,10-11H,2,9,12H2,1H3,(H,22,23,27). The zero-order chi connectivity index (χ0) is 20.9. The highest BCUT2D eigenvalue weighted by Crippen LogP contribution is 2.27. The summed E-state index contributed by atoms with van der Waals surface area (Å²) in [6.07, 6.45) is 2.53. The van der Waals surface area contributed by atoms with E-state index in [1.165, 1.54) is 23.1 Å². The van der Waals surface area contributed by atoms with Crippen LogP contribution in [0.15, 0.2) is 62.1 Å². The molecule has 30 heavy (non-hydrogen) atoms. The van der Waals surface area contributed by atoms with Crippen LogP contribution in [-0.4, -0.2) is 31.4 Å². The van der Waals surface area contributed by atoms with Gasteiger partial charge in [0.1, 0.15) is 0 Å². The highest BCUT2D eigenvalue weighted by molar-refractivity contribution is 9.10. The third-order valence-corrected chi connectivity index (χ3v) is 6.38. The molecule has 0 fully saturated rings. The van der Waals surface area contributed by atoms with Gasteiger partial charge >= 0.3 is 0 Å². The molecule has 3 heterocycles. The van der Waals surface area contributed by atoms with Gasteiger partial charge in [-0.25, -0.2) is 4.98 Å². The zero-order valence-electron chi connectivity index (χ0n) is 16.0. The molecule has 154 valence electrons. The number of hydrogen-bond acceptors (Lipinski definition) is 7. The molecule has 1 aromatic carbocycles. The number of carbonyl (C=O) groups is 1. The molecule has 1 amide bonds. The fourth-order valence-corrected chi connectivity index (χ4v) is 4.54. The quantitative estimate of drug-likeness (QED) is 0.316. The summed E-state index contributed by atoms with van der Waals surface area (Å²) in [4.78, 5) is 16.9. The van der Waals surface area contributed by atoms with E-state index in [1.54, 1.807) is 6.26 Å². The van der Waals surface area contributed by atoms with Crippen molar-refractivity contribution < 1.29 is 9.21 Å². The highest BCUT2D eigenvalue weighted by Gasteiger charge is 2.17. The maximum absolute atomic E-state index is 12.4. The molecule has 0 saturated heterocycles. The fraction of sp³-hybridized carbons (Fsp3) is 0.200. The van der Waals surface area contributed by atoms with Gasteiger partial charge in [0.15, 0.2) is 21.9 Å². The Bertz CT molecular complexity index is 1120. The third kappa shape index (κ3) is 4.82. The van der Waals surface area contributed by atoms with Crippen LogP contribution >= 0.6 is 39.0 Å². The Labute approximate surface area is 190 Å². The first kappa shape index (κ1) is 20.8. The van der Waals surface area contributed by atoms with E-state index in [0.717, 1.165) is 28.7 Å². The molecule has 1 N–H and O–H groups in total. The van der Waals surface area contributed by atoms with Crippen molar-refractivity contribution >= 4 is 50.1 Å². The molecule has 3 aromatic heterocycles. The molecule has 0 unspecified atom stereocenters. The Hall–Kier alpha value is -2.43. The van der Waals surface area contributed by atoms with E-state index in [4.69, 9.17) is 4.42 Å². The van der Waals surface area contributed by atoms with E-state index in [1.807, 2.05) is 46.3 Å². The monoisotopic (exact) mass is 503 g/mol. The zero-order valence-corrected chi connectivity index (χ0v) is 19.3. The number of nitrogens with zero attached hydrogens (tertiary/aromatic N) is 4. The van der Waals surface area contributed by atoms with Gasteiger partial charge in [-0.15, -0.1) is 21.5 Å². The number of amides is 1. The minimum absolute atomic E-state index is 0.137. The second kappa shape index (κ2) is 9.59. The van der Waals surface area contributed by atoms with Crippen molar-refractivity contribution in [3.8, 4) is 22.8 Å². The van der Waals surface area contributed by atoms with Crippen molar-refractivity contribution in [3.63, 3.8) is 0 Å². The van der Waals surface area contributed by atoms with Crippen molar-refractivity contribution in [2.75, 3.05) is 11.1 Å². The molecule has 4 rings (SSSR count). The van der Waals surface area contributed by atoms with Gasteiger partial charge in [0.2, 0.25) is 5.91 Å². The summed E-state index contributed by atoms with van der Waals surface area (Å²) in [7, 11) is 0. The number of thioether (sulfide) groups is 1. The van der Waals surface area contributed by atoms with Crippen LogP contribution in [0.2, 0.25) is 0 Å². The van der Waals surface area contributed by atoms with Crippen LogP contribution in [0.4, 0.5) is 5.13 Å². The molecule has 0 aliphatic rings. The number of nitrogens with one attached hydrogen (secondary N) is 1. The first-order chi connectivity index (χ1) is 14.6. The molecule has 0 aliphatic heterocycles. The molecule has 0 atom stereocenters. The number of rotatable bonds is 8. The molecule has 4 aromatic rings. The second-order valence-electron chi connectivity index (χ2n) is 6.32. The van der Waals surface area contributed by atoms with Crippen LogP contribution in [0.5, 0.6) is 0 Å². The maximum atomic E-state index is 12.4. The molecule has 0 bridgehead atoms. The van der Waals surface area contributed by atoms with Crippen LogP contribution in [0, 0.1) is 0 Å². The number of benzene rings is 1. The van der Waals surface area contributed by atoms with Gasteiger partial charge in [-0.1, -0.05) is 46.7 Å². The SMILES string of the molecule is CCCn1c(SCC(=O)Nc2nc(-c3ccc(Br)cc3)cs2)nnc1-c1ccco1. The Balaban J connectivity index is 1.39. The summed E-state index contributed by atoms with van der Waals surface area (Å²) in [6.45, 7) is 2.83. The number of furan rings is 1. The van der Waals surface area contributed by atoms with Crippen LogP contribution in [-0.2, 0) is 11.3 Å². The largest absolute Gasteiger partial charge is 0.461 e. The van der Waals surface area contributed by atoms with Crippen molar-refractivity contribution in [2.24, 2.45) is 0 Å². The fourth-order valence-electron chi connectivity index (χ4n) is 2.78. The molecule has 0 saturated carbocycles. The maximum Gasteiger partial charge on any atom is 0.236 e. The van der Waals surface area contributed by atoms with E-state index in [2.05, 4.69) is 43.4 Å². The lowest BCUT2D eigenvalue weighted by Gasteiger charge is -2.07. The van der Waals surface area contributed by atoms with E-state index in [9.17, 15) is 4.79 Å². The summed E-state index contributed by atoms with van der Waals surface area (Å²) >= 11 is 6.17. The smallest absolute Gasteiger partial charge is 0.236 e. The third-order valence-electron chi connectivity index (χ3n) is 4.13. The first-order valence-corrected chi connectivity index (χ1v) is 11.9. The molecular weight excluding hydrogens is 486 g/mol. The van der Waals surface area contributed by atoms with Gasteiger partial charge in [-0.05, 0) is 30.7 Å². The van der Waals surface area contributed by atoms with E-state index >= 15 is 0 Å². The topological polar surface area (TPSA) is 85.8 Å². The van der Waals surface area contributed by atoms with Crippen molar-refractivity contribution in [1.29, 1.82) is 0 Å². The van der Waals surface area contributed by atoms with Crippen LogP contribution < -0.4 is 5.32 Å². The van der Waals surface area contributed by atoms with Gasteiger partial charge in [0, 0.05) is 22.0 Å². The van der Waals surface area contributed by atoms with Crippen molar-refractivity contribution in [2.45, 2.75) is 25.0 Å². The van der Waals surface area contributed by atoms with E-state index in [0.29, 0.717) is 21.9 Å². The van der Waals surface area contributed by atoms with Gasteiger partial charge in [-0.2, -0.15) is 0 Å². The molecule has 0 spiro atoms. The lowest BCUT2D eigenvalue weighted by atomic mass is 10.2. The summed E-state index contributed by atoms with van der Waals surface area (Å²) in [5.74, 6) is 1.41. The van der Waals surface area contributed by atoms with Crippen LogP contribution in [0.1, 0.15) is 13.3 Å². The normalized spacial score (nSPS) is 11.0. The highest BCUT2D eigenvalue weighted by atomic mass is 79.9. The minimum Gasteiger partial charge on any atom is -0.461 e. The summed E-state index contributed by atoms with van der Waals surface area (Å²) in [6, 6.07) is 11.6. The van der Waals surface area contributed by atoms with Gasteiger partial charge < -0.3 is 9.73 Å². The van der Waals surface area contributed by atoms with Gasteiger partial charge in [-0.3, -0.25) is 9.36 Å². The van der Waals surface area contributed by atoms with E-state index < -0.39 is 0 Å². The van der Waals surface area contributed by atoms with Crippen molar-refractivity contribution in [3.05, 3.63) is 52.5 Å². The Morgan fingerprint density at radius 3 is 2.83 bits per heavy atom. The number of thiazole rings is 1. The number of halogens is 1. The molecular formula is C20H18BrN5O2S2. The predicted molar refractivity (Wildman–Crippen MR) is 123 cm³/mol. The average molecular weight is 504 g/mol. The Kier molecular flexibility index (Phi) is 6.66. The van der Waals surface area contributed by atoms with E-state index in [-0.39, 0.29) is 11.7 Å². The molecule has 7 nitrogen and oxygen atoms in total. The molecule has 10 heteroatoms. The van der Waals surface area contributed by atoms with Crippen LogP contribution in [0.25, 0.3) is 22.8 Å².